The van der Waals surface area contributed by atoms with E-state index in [9.17, 15) is 14.4 Å². The minimum Gasteiger partial charge on any atom is -0.481 e. The first-order chi connectivity index (χ1) is 6.45. The summed E-state index contributed by atoms with van der Waals surface area (Å²) in [6.45, 7) is 0. The molecule has 0 aromatic rings. The van der Waals surface area contributed by atoms with Crippen molar-refractivity contribution in [2.24, 2.45) is 0 Å². The van der Waals surface area contributed by atoms with E-state index in [1.807, 2.05) is 0 Å². The van der Waals surface area contributed by atoms with Crippen molar-refractivity contribution in [2.75, 3.05) is 7.11 Å². The fourth-order valence-electron chi connectivity index (χ4n) is 1.03. The maximum absolute atomic E-state index is 10.8. The van der Waals surface area contributed by atoms with Gasteiger partial charge in [-0.1, -0.05) is 0 Å². The molecule has 0 rings (SSSR count). The van der Waals surface area contributed by atoms with Gasteiger partial charge in [0.25, 0.3) is 11.9 Å². The normalized spacial score (nSPS) is 9.86. The van der Waals surface area contributed by atoms with E-state index in [0.717, 1.165) is 0 Å². The van der Waals surface area contributed by atoms with Crippen LogP contribution < -0.4 is 0 Å². The van der Waals surface area contributed by atoms with Crippen LogP contribution in [-0.2, 0) is 19.1 Å². The van der Waals surface area contributed by atoms with Gasteiger partial charge in [-0.15, -0.1) is 0 Å². The Hall–Kier alpha value is -1.37. The minimum absolute atomic E-state index is 0.0465. The molecule has 0 atom stereocenters. The number of carbonyl (C=O) groups is 3. The number of rotatable bonds is 6. The molecule has 14 heavy (non-hydrogen) atoms. The van der Waals surface area contributed by atoms with Crippen LogP contribution in [0.25, 0.3) is 0 Å². The quantitative estimate of drug-likeness (QED) is 0.464. The van der Waals surface area contributed by atoms with Gasteiger partial charge in [0, 0.05) is 18.1 Å². The number of carboxylic acids is 2. The van der Waals surface area contributed by atoms with Gasteiger partial charge in [0.2, 0.25) is 0 Å². The largest absolute Gasteiger partial charge is 0.481 e. The molecule has 0 heterocycles. The molecule has 0 amide bonds. The summed E-state index contributed by atoms with van der Waals surface area (Å²) >= 11 is 0. The van der Waals surface area contributed by atoms with Crippen LogP contribution in [0.15, 0.2) is 0 Å². The Morgan fingerprint density at radius 3 is 1.79 bits per heavy atom. The summed E-state index contributed by atoms with van der Waals surface area (Å²) in [6, 6.07) is -0.460. The highest BCUT2D eigenvalue weighted by Gasteiger charge is 2.22. The van der Waals surface area contributed by atoms with E-state index >= 15 is 0 Å². The monoisotopic (exact) mass is 220 g/mol. The zero-order valence-corrected chi connectivity index (χ0v) is 8.88. The summed E-state index contributed by atoms with van der Waals surface area (Å²) in [7, 11) is -0.909. The van der Waals surface area contributed by atoms with Gasteiger partial charge in [0.15, 0.2) is 0 Å². The van der Waals surface area contributed by atoms with Crippen molar-refractivity contribution in [3.05, 3.63) is 0 Å². The van der Waals surface area contributed by atoms with Crippen LogP contribution in [0.3, 0.4) is 0 Å². The van der Waals surface area contributed by atoms with Crippen LogP contribution >= 0.6 is 0 Å². The van der Waals surface area contributed by atoms with Crippen molar-refractivity contribution < 1.29 is 29.3 Å². The second-order valence-electron chi connectivity index (χ2n) is 2.84. The number of hydrogen-bond donors (Lipinski definition) is 2. The van der Waals surface area contributed by atoms with Gasteiger partial charge in [-0.2, -0.15) is 0 Å². The van der Waals surface area contributed by atoms with E-state index in [4.69, 9.17) is 10.2 Å². The van der Waals surface area contributed by atoms with Crippen molar-refractivity contribution in [2.45, 2.75) is 18.1 Å². The van der Waals surface area contributed by atoms with Crippen molar-refractivity contribution in [1.82, 2.24) is 0 Å². The van der Waals surface area contributed by atoms with Crippen molar-refractivity contribution >= 4 is 26.7 Å². The average molecular weight is 220 g/mol. The highest BCUT2D eigenvalue weighted by molar-refractivity contribution is 6.67. The molecule has 0 aliphatic rings. The molecule has 0 unspecified atom stereocenters. The summed E-state index contributed by atoms with van der Waals surface area (Å²) in [6.07, 6.45) is 0. The summed E-state index contributed by atoms with van der Waals surface area (Å²) in [5, 5.41) is 16.9. The summed E-state index contributed by atoms with van der Waals surface area (Å²) in [5.41, 5.74) is 0. The molecule has 6 nitrogen and oxygen atoms in total. The smallest absolute Gasteiger partial charge is 0.302 e. The molecule has 7 heteroatoms. The third kappa shape index (κ3) is 6.18. The molecular weight excluding hydrogens is 208 g/mol. The molecule has 0 saturated heterocycles. The topological polar surface area (TPSA) is 101 Å². The van der Waals surface area contributed by atoms with Gasteiger partial charge in [-0.3, -0.25) is 14.4 Å². The Morgan fingerprint density at radius 2 is 1.50 bits per heavy atom. The van der Waals surface area contributed by atoms with Gasteiger partial charge in [-0.05, 0) is 0 Å². The summed E-state index contributed by atoms with van der Waals surface area (Å²) in [4.78, 5) is 31.5. The van der Waals surface area contributed by atoms with Crippen molar-refractivity contribution in [1.29, 1.82) is 0 Å². The lowest BCUT2D eigenvalue weighted by Crippen LogP contribution is -2.24. The number of carboxylic acid groups (broad SMARTS) is 2. The fourth-order valence-corrected chi connectivity index (χ4v) is 3.09. The number of methoxy groups -OCH3 is 1. The molecule has 0 spiro atoms. The van der Waals surface area contributed by atoms with E-state index in [2.05, 4.69) is 4.74 Å². The highest BCUT2D eigenvalue weighted by atomic mass is 28.3. The number of hydrogen-bond acceptors (Lipinski definition) is 4. The van der Waals surface area contributed by atoms with Gasteiger partial charge in [-0.25, -0.2) is 0 Å². The van der Waals surface area contributed by atoms with E-state index < -0.39 is 26.7 Å². The van der Waals surface area contributed by atoms with E-state index in [1.165, 1.54) is 7.11 Å². The Bertz CT molecular complexity index is 222. The Morgan fingerprint density at radius 1 is 1.07 bits per heavy atom. The molecule has 0 aromatic heterocycles. The van der Waals surface area contributed by atoms with E-state index in [1.54, 1.807) is 0 Å². The summed E-state index contributed by atoms with van der Waals surface area (Å²) in [5.74, 6) is -2.66. The lowest BCUT2D eigenvalue weighted by Gasteiger charge is -2.08. The van der Waals surface area contributed by atoms with Crippen LogP contribution in [0.2, 0.25) is 18.1 Å². The fraction of sp³-hybridized carbons (Fsp3) is 0.571. The number of ether oxygens (including phenoxy) is 1. The molecule has 0 saturated carbocycles. The van der Waals surface area contributed by atoms with Gasteiger partial charge in [0.05, 0.1) is 15.9 Å². The molecule has 80 valence electrons. The van der Waals surface area contributed by atoms with Gasteiger partial charge < -0.3 is 14.9 Å². The molecule has 0 aliphatic carbocycles. The van der Waals surface area contributed by atoms with E-state index in [0.29, 0.717) is 0 Å². The first kappa shape index (κ1) is 12.6. The summed E-state index contributed by atoms with van der Waals surface area (Å²) < 4.78 is 4.35. The van der Waals surface area contributed by atoms with Crippen LogP contribution in [-0.4, -0.2) is 44.0 Å². The molecule has 0 bridgehead atoms. The SMILES string of the molecule is COC(=O)C[SiH](CC(=O)O)CC(=O)O. The zero-order valence-electron chi connectivity index (χ0n) is 7.73. The third-order valence-corrected chi connectivity index (χ3v) is 4.37. The zero-order chi connectivity index (χ0) is 11.1. The maximum atomic E-state index is 10.8. The van der Waals surface area contributed by atoms with Crippen LogP contribution in [0.4, 0.5) is 0 Å². The number of carbonyl (C=O) groups excluding carboxylic acids is 1. The standard InChI is InChI=1S/C7H12O6Si/c1-13-7(12)4-14(2-5(8)9)3-6(10)11/h14H,2-4H2,1H3,(H,8,9)(H,10,11). The van der Waals surface area contributed by atoms with Crippen molar-refractivity contribution in [3.8, 4) is 0 Å². The first-order valence-corrected chi connectivity index (χ1v) is 6.41. The van der Waals surface area contributed by atoms with Crippen molar-refractivity contribution in [3.63, 3.8) is 0 Å². The van der Waals surface area contributed by atoms with Gasteiger partial charge >= 0.3 is 5.97 Å². The van der Waals surface area contributed by atoms with Crippen LogP contribution in [0, 0.1) is 0 Å². The first-order valence-electron chi connectivity index (χ1n) is 3.96. The minimum atomic E-state index is -2.10. The Kier molecular flexibility index (Phi) is 5.54. The lowest BCUT2D eigenvalue weighted by atomic mass is 10.8. The lowest BCUT2D eigenvalue weighted by molar-refractivity contribution is -0.137. The third-order valence-electron chi connectivity index (χ3n) is 1.61. The predicted octanol–water partition coefficient (Wildman–Crippen LogP) is -0.444. The highest BCUT2D eigenvalue weighted by Crippen LogP contribution is 2.07. The van der Waals surface area contributed by atoms with Crippen LogP contribution in [0.1, 0.15) is 0 Å². The van der Waals surface area contributed by atoms with E-state index in [-0.39, 0.29) is 18.1 Å². The molecule has 2 N–H and O–H groups in total. The maximum Gasteiger partial charge on any atom is 0.302 e. The molecular formula is C7H12O6Si. The molecule has 0 radical (unpaired) electrons. The molecule has 0 aliphatic heterocycles. The number of esters is 1. The predicted molar refractivity (Wildman–Crippen MR) is 48.9 cm³/mol. The average Bonchev–Trinajstić information content (AvgIpc) is 2.01. The van der Waals surface area contributed by atoms with Crippen LogP contribution in [0.5, 0.6) is 0 Å². The second-order valence-corrected chi connectivity index (χ2v) is 5.80. The number of aliphatic carboxylic acids is 2. The molecule has 0 fully saturated rings. The Balaban J connectivity index is 4.16. The Labute approximate surface area is 82.1 Å². The molecule has 0 aromatic carbocycles. The second kappa shape index (κ2) is 6.14. The van der Waals surface area contributed by atoms with Gasteiger partial charge in [0.1, 0.15) is 0 Å².